The van der Waals surface area contributed by atoms with Crippen molar-refractivity contribution in [3.8, 4) is 0 Å². The molecule has 0 bridgehead atoms. The Bertz CT molecular complexity index is 803. The maximum atomic E-state index is 12.6. The molecule has 1 N–H and O–H groups in total. The Morgan fingerprint density at radius 3 is 2.88 bits per heavy atom. The van der Waals surface area contributed by atoms with Crippen LogP contribution in [0.1, 0.15) is 31.7 Å². The largest absolute Gasteiger partial charge is 0.353 e. The summed E-state index contributed by atoms with van der Waals surface area (Å²) in [7, 11) is 0. The van der Waals surface area contributed by atoms with E-state index in [4.69, 9.17) is 0 Å². The first-order chi connectivity index (χ1) is 12.7. The molecule has 0 aromatic heterocycles. The van der Waals surface area contributed by atoms with Gasteiger partial charge in [-0.15, -0.1) is 0 Å². The van der Waals surface area contributed by atoms with Crippen LogP contribution >= 0.6 is 15.9 Å². The molecule has 0 spiro atoms. The number of hydrogen-bond donors (Lipinski definition) is 1. The Labute approximate surface area is 161 Å². The van der Waals surface area contributed by atoms with Crippen LogP contribution in [0.4, 0.5) is 0 Å². The monoisotopic (exact) mass is 417 g/mol. The molecule has 3 aliphatic heterocycles. The third kappa shape index (κ3) is 3.07. The SMILES string of the molecule is CCCCCN1C2=NC(Br)NN2C2=C1[N+](=O)CN=C2Cc1ccccc1. The number of fused-ring (bicyclic) bond motifs is 2. The summed E-state index contributed by atoms with van der Waals surface area (Å²) in [5, 5.41) is 1.72. The number of rotatable bonds is 6. The van der Waals surface area contributed by atoms with Gasteiger partial charge in [-0.05, 0) is 34.3 Å². The van der Waals surface area contributed by atoms with Crippen LogP contribution < -0.4 is 5.43 Å². The summed E-state index contributed by atoms with van der Waals surface area (Å²) in [6.45, 7) is 3.08. The molecular weight excluding hydrogens is 396 g/mol. The molecule has 1 atom stereocenters. The number of guanidine groups is 1. The Kier molecular flexibility index (Phi) is 4.86. The lowest BCUT2D eigenvalue weighted by molar-refractivity contribution is -0.512. The Morgan fingerprint density at radius 2 is 2.12 bits per heavy atom. The van der Waals surface area contributed by atoms with Crippen LogP contribution in [0.3, 0.4) is 0 Å². The van der Waals surface area contributed by atoms with E-state index in [0.717, 1.165) is 47.9 Å². The van der Waals surface area contributed by atoms with Crippen molar-refractivity contribution >= 4 is 27.6 Å². The number of unbranched alkanes of at least 4 members (excludes halogenated alkanes) is 2. The van der Waals surface area contributed by atoms with Gasteiger partial charge in [0.2, 0.25) is 6.67 Å². The second kappa shape index (κ2) is 7.28. The summed E-state index contributed by atoms with van der Waals surface area (Å²) in [5.74, 6) is 1.43. The summed E-state index contributed by atoms with van der Waals surface area (Å²) >= 11 is 3.50. The average molecular weight is 418 g/mol. The van der Waals surface area contributed by atoms with Crippen molar-refractivity contribution in [3.63, 3.8) is 0 Å². The standard InChI is InChI=1S/C18H22BrN6O/c1-2-3-7-10-23-16-15(25-18(23)21-17(19)22-25)14(20-12-24(16)26)11-13-8-5-4-6-9-13/h4-6,8-9,17,22H,2-3,7,10-12H2,1H3/q+1. The van der Waals surface area contributed by atoms with Crippen molar-refractivity contribution in [2.24, 2.45) is 9.98 Å². The molecule has 7 nitrogen and oxygen atoms in total. The number of allylic oxidation sites excluding steroid dienone is 1. The van der Waals surface area contributed by atoms with E-state index in [1.165, 1.54) is 5.56 Å². The fourth-order valence-electron chi connectivity index (χ4n) is 3.49. The molecule has 8 heteroatoms. The second-order valence-electron chi connectivity index (χ2n) is 6.55. The summed E-state index contributed by atoms with van der Waals surface area (Å²) in [4.78, 5) is 23.8. The van der Waals surface area contributed by atoms with Gasteiger partial charge in [0.05, 0.1) is 12.3 Å². The minimum atomic E-state index is -0.194. The van der Waals surface area contributed by atoms with E-state index in [1.54, 1.807) is 0 Å². The fraction of sp³-hybridized carbons (Fsp3) is 0.444. The molecule has 3 aliphatic rings. The maximum absolute atomic E-state index is 12.6. The Balaban J connectivity index is 1.68. The summed E-state index contributed by atoms with van der Waals surface area (Å²) in [5.41, 5.74) is 6.19. The van der Waals surface area contributed by atoms with Gasteiger partial charge in [0.1, 0.15) is 0 Å². The lowest BCUT2D eigenvalue weighted by atomic mass is 10.1. The molecule has 1 aromatic carbocycles. The van der Waals surface area contributed by atoms with Gasteiger partial charge in [-0.25, -0.2) is 10.0 Å². The van der Waals surface area contributed by atoms with Crippen molar-refractivity contribution in [3.05, 3.63) is 52.3 Å². The molecule has 26 heavy (non-hydrogen) atoms. The minimum absolute atomic E-state index is 0.129. The highest BCUT2D eigenvalue weighted by Crippen LogP contribution is 2.33. The topological polar surface area (TPSA) is 63.3 Å². The van der Waals surface area contributed by atoms with Crippen molar-refractivity contribution in [2.75, 3.05) is 13.2 Å². The zero-order chi connectivity index (χ0) is 18.1. The molecule has 0 saturated heterocycles. The van der Waals surface area contributed by atoms with Crippen LogP contribution in [-0.2, 0) is 6.42 Å². The molecular formula is C18H22BrN6O+. The van der Waals surface area contributed by atoms with Crippen LogP contribution in [-0.4, -0.2) is 44.6 Å². The van der Waals surface area contributed by atoms with Crippen LogP contribution in [0, 0.1) is 4.91 Å². The van der Waals surface area contributed by atoms with Gasteiger partial charge < -0.3 is 0 Å². The molecule has 136 valence electrons. The first-order valence-corrected chi connectivity index (χ1v) is 9.93. The summed E-state index contributed by atoms with van der Waals surface area (Å²) < 4.78 is 0.974. The van der Waals surface area contributed by atoms with Crippen LogP contribution in [0.15, 0.2) is 51.8 Å². The molecule has 0 fully saturated rings. The first-order valence-electron chi connectivity index (χ1n) is 9.01. The number of halogens is 1. The van der Waals surface area contributed by atoms with E-state index in [2.05, 4.69) is 50.4 Å². The first kappa shape index (κ1) is 17.4. The minimum Gasteiger partial charge on any atom is -0.240 e. The van der Waals surface area contributed by atoms with Crippen molar-refractivity contribution < 1.29 is 4.76 Å². The van der Waals surface area contributed by atoms with E-state index in [0.29, 0.717) is 12.2 Å². The van der Waals surface area contributed by atoms with Crippen LogP contribution in [0.2, 0.25) is 0 Å². The van der Waals surface area contributed by atoms with Gasteiger partial charge in [0, 0.05) is 11.2 Å². The van der Waals surface area contributed by atoms with Crippen LogP contribution in [0.5, 0.6) is 0 Å². The van der Waals surface area contributed by atoms with E-state index in [-0.39, 0.29) is 11.7 Å². The number of alkyl halides is 1. The average Bonchev–Trinajstić information content (AvgIpc) is 3.15. The lowest BCUT2D eigenvalue weighted by Crippen LogP contribution is -2.41. The molecule has 1 aromatic rings. The van der Waals surface area contributed by atoms with Crippen molar-refractivity contribution in [2.45, 2.75) is 37.7 Å². The van der Waals surface area contributed by atoms with Gasteiger partial charge in [0.25, 0.3) is 0 Å². The lowest BCUT2D eigenvalue weighted by Gasteiger charge is -2.18. The zero-order valence-corrected chi connectivity index (χ0v) is 16.3. The van der Waals surface area contributed by atoms with Crippen LogP contribution in [0.25, 0.3) is 0 Å². The zero-order valence-electron chi connectivity index (χ0n) is 14.7. The highest BCUT2D eigenvalue weighted by Gasteiger charge is 2.52. The highest BCUT2D eigenvalue weighted by atomic mass is 79.9. The highest BCUT2D eigenvalue weighted by molar-refractivity contribution is 9.09. The van der Waals surface area contributed by atoms with Crippen molar-refractivity contribution in [1.29, 1.82) is 0 Å². The second-order valence-corrected chi connectivity index (χ2v) is 7.41. The smallest absolute Gasteiger partial charge is 0.240 e. The number of nitroso groups, excluding NO2 is 1. The molecule has 4 rings (SSSR count). The third-order valence-corrected chi connectivity index (χ3v) is 5.11. The van der Waals surface area contributed by atoms with E-state index >= 15 is 0 Å². The van der Waals surface area contributed by atoms with Gasteiger partial charge in [-0.3, -0.25) is 0 Å². The molecule has 0 saturated carbocycles. The van der Waals surface area contributed by atoms with E-state index < -0.39 is 0 Å². The number of hydrazine groups is 1. The van der Waals surface area contributed by atoms with Gasteiger partial charge >= 0.3 is 11.8 Å². The maximum Gasteiger partial charge on any atom is 0.353 e. The predicted molar refractivity (Wildman–Crippen MR) is 104 cm³/mol. The quantitative estimate of drug-likeness (QED) is 0.334. The van der Waals surface area contributed by atoms with E-state index in [1.807, 2.05) is 28.1 Å². The number of benzene rings is 1. The summed E-state index contributed by atoms with van der Waals surface area (Å²) in [6.07, 6.45) is 3.97. The molecule has 3 heterocycles. The fourth-order valence-corrected chi connectivity index (χ4v) is 3.87. The summed E-state index contributed by atoms with van der Waals surface area (Å²) in [6, 6.07) is 10.2. The normalized spacial score (nSPS) is 21.8. The Morgan fingerprint density at radius 1 is 1.31 bits per heavy atom. The molecule has 0 amide bonds. The molecule has 0 aliphatic carbocycles. The number of nitrogens with one attached hydrogen (secondary N) is 1. The number of aliphatic imine (C=N–C) groups is 2. The number of nitrogens with zero attached hydrogens (tertiary/aromatic N) is 5. The third-order valence-electron chi connectivity index (χ3n) is 4.70. The van der Waals surface area contributed by atoms with Gasteiger partial charge in [-0.2, -0.15) is 15.3 Å². The molecule has 1 unspecified atom stereocenters. The predicted octanol–water partition coefficient (Wildman–Crippen LogP) is 2.95. The van der Waals surface area contributed by atoms with E-state index in [9.17, 15) is 4.91 Å². The van der Waals surface area contributed by atoms with Gasteiger partial charge in [0.15, 0.2) is 10.8 Å². The Hall–Kier alpha value is -2.06. The number of hydrogen-bond acceptors (Lipinski definition) is 6. The molecule has 0 radical (unpaired) electrons. The van der Waals surface area contributed by atoms with Gasteiger partial charge in [-0.1, -0.05) is 48.6 Å². The van der Waals surface area contributed by atoms with Crippen molar-refractivity contribution in [1.82, 2.24) is 15.3 Å².